The Balaban J connectivity index is 2.03. The van der Waals surface area contributed by atoms with Gasteiger partial charge >= 0.3 is 0 Å². The minimum Gasteiger partial charge on any atom is -0.467 e. The van der Waals surface area contributed by atoms with Gasteiger partial charge < -0.3 is 14.6 Å². The first-order chi connectivity index (χ1) is 9.22. The zero-order valence-electron chi connectivity index (χ0n) is 11.1. The SMILES string of the molecule is CC1CCNC1C(=O)N(CCC#N)Cc1ccco1. The van der Waals surface area contributed by atoms with Crippen LogP contribution in [0.5, 0.6) is 0 Å². The van der Waals surface area contributed by atoms with Crippen molar-refractivity contribution >= 4 is 5.91 Å². The molecule has 1 aliphatic rings. The first kappa shape index (κ1) is 13.6. The van der Waals surface area contributed by atoms with Crippen LogP contribution in [0, 0.1) is 17.2 Å². The second-order valence-electron chi connectivity index (χ2n) is 4.95. The zero-order chi connectivity index (χ0) is 13.7. The molecule has 1 aliphatic heterocycles. The van der Waals surface area contributed by atoms with Crippen LogP contribution in [0.3, 0.4) is 0 Å². The fraction of sp³-hybridized carbons (Fsp3) is 0.571. The lowest BCUT2D eigenvalue weighted by Crippen LogP contribution is -2.45. The van der Waals surface area contributed by atoms with Gasteiger partial charge in [0.2, 0.25) is 5.91 Å². The normalized spacial score (nSPS) is 22.1. The van der Waals surface area contributed by atoms with Crippen molar-refractivity contribution in [1.29, 1.82) is 5.26 Å². The van der Waals surface area contributed by atoms with Gasteiger partial charge in [-0.15, -0.1) is 0 Å². The Morgan fingerprint density at radius 2 is 2.53 bits per heavy atom. The van der Waals surface area contributed by atoms with E-state index in [4.69, 9.17) is 9.68 Å². The first-order valence-electron chi connectivity index (χ1n) is 6.64. The Morgan fingerprint density at radius 1 is 1.68 bits per heavy atom. The van der Waals surface area contributed by atoms with Crippen LogP contribution >= 0.6 is 0 Å². The maximum Gasteiger partial charge on any atom is 0.240 e. The quantitative estimate of drug-likeness (QED) is 0.872. The molecule has 1 N–H and O–H groups in total. The summed E-state index contributed by atoms with van der Waals surface area (Å²) in [4.78, 5) is 14.2. The van der Waals surface area contributed by atoms with E-state index < -0.39 is 0 Å². The molecule has 2 rings (SSSR count). The van der Waals surface area contributed by atoms with Crippen LogP contribution in [-0.4, -0.2) is 29.9 Å². The molecule has 1 aromatic heterocycles. The van der Waals surface area contributed by atoms with E-state index in [-0.39, 0.29) is 11.9 Å². The summed E-state index contributed by atoms with van der Waals surface area (Å²) < 4.78 is 5.29. The van der Waals surface area contributed by atoms with Gasteiger partial charge in [0.1, 0.15) is 5.76 Å². The van der Waals surface area contributed by atoms with E-state index in [2.05, 4.69) is 18.3 Å². The lowest BCUT2D eigenvalue weighted by Gasteiger charge is -2.26. The van der Waals surface area contributed by atoms with Crippen LogP contribution in [-0.2, 0) is 11.3 Å². The van der Waals surface area contributed by atoms with Gasteiger partial charge in [0, 0.05) is 6.54 Å². The molecular weight excluding hydrogens is 242 g/mol. The molecule has 2 heterocycles. The average Bonchev–Trinajstić information content (AvgIpc) is 3.05. The molecule has 19 heavy (non-hydrogen) atoms. The summed E-state index contributed by atoms with van der Waals surface area (Å²) in [5.41, 5.74) is 0. The molecule has 1 amide bonds. The molecule has 5 heteroatoms. The Morgan fingerprint density at radius 3 is 3.11 bits per heavy atom. The van der Waals surface area contributed by atoms with Gasteiger partial charge in [0.25, 0.3) is 0 Å². The standard InChI is InChI=1S/C14H19N3O2/c1-11-5-7-16-13(11)14(18)17(8-3-6-15)10-12-4-2-9-19-12/h2,4,9,11,13,16H,3,5,7-8,10H2,1H3. The molecule has 0 radical (unpaired) electrons. The lowest BCUT2D eigenvalue weighted by molar-refractivity contribution is -0.134. The van der Waals surface area contributed by atoms with Gasteiger partial charge in [-0.3, -0.25) is 4.79 Å². The number of amides is 1. The van der Waals surface area contributed by atoms with Crippen LogP contribution in [0.1, 0.15) is 25.5 Å². The van der Waals surface area contributed by atoms with Crippen LogP contribution in [0.2, 0.25) is 0 Å². The molecule has 102 valence electrons. The molecule has 0 spiro atoms. The maximum absolute atomic E-state index is 12.5. The highest BCUT2D eigenvalue weighted by Gasteiger charge is 2.32. The van der Waals surface area contributed by atoms with Crippen molar-refractivity contribution in [2.45, 2.75) is 32.4 Å². The summed E-state index contributed by atoms with van der Waals surface area (Å²) in [5.74, 6) is 1.15. The summed E-state index contributed by atoms with van der Waals surface area (Å²) in [6.45, 7) is 3.84. The Labute approximate surface area is 113 Å². The molecule has 0 aromatic carbocycles. The van der Waals surface area contributed by atoms with Gasteiger partial charge in [-0.25, -0.2) is 0 Å². The number of furan rings is 1. The predicted octanol–water partition coefficient (Wildman–Crippen LogP) is 1.52. The molecular formula is C14H19N3O2. The average molecular weight is 261 g/mol. The molecule has 1 saturated heterocycles. The summed E-state index contributed by atoms with van der Waals surface area (Å²) in [6.07, 6.45) is 2.95. The number of hydrogen-bond acceptors (Lipinski definition) is 4. The molecule has 1 fully saturated rings. The summed E-state index contributed by atoms with van der Waals surface area (Å²) in [7, 11) is 0. The third-order valence-electron chi connectivity index (χ3n) is 3.53. The van der Waals surface area contributed by atoms with Crippen LogP contribution in [0.15, 0.2) is 22.8 Å². The van der Waals surface area contributed by atoms with Crippen molar-refractivity contribution < 1.29 is 9.21 Å². The molecule has 0 bridgehead atoms. The Hall–Kier alpha value is -1.80. The monoisotopic (exact) mass is 261 g/mol. The highest BCUT2D eigenvalue weighted by atomic mass is 16.3. The minimum absolute atomic E-state index is 0.0663. The van der Waals surface area contributed by atoms with E-state index >= 15 is 0 Å². The number of carbonyl (C=O) groups excluding carboxylic acids is 1. The van der Waals surface area contributed by atoms with Crippen molar-refractivity contribution in [3.63, 3.8) is 0 Å². The van der Waals surface area contributed by atoms with E-state index in [0.717, 1.165) is 18.7 Å². The van der Waals surface area contributed by atoms with Crippen molar-refractivity contribution in [2.24, 2.45) is 5.92 Å². The largest absolute Gasteiger partial charge is 0.467 e. The van der Waals surface area contributed by atoms with Gasteiger partial charge in [0.15, 0.2) is 0 Å². The zero-order valence-corrected chi connectivity index (χ0v) is 11.1. The van der Waals surface area contributed by atoms with E-state index in [1.807, 2.05) is 6.07 Å². The third-order valence-corrected chi connectivity index (χ3v) is 3.53. The van der Waals surface area contributed by atoms with Crippen LogP contribution in [0.4, 0.5) is 0 Å². The van der Waals surface area contributed by atoms with Crippen LogP contribution in [0.25, 0.3) is 0 Å². The highest BCUT2D eigenvalue weighted by molar-refractivity contribution is 5.82. The smallest absolute Gasteiger partial charge is 0.240 e. The van der Waals surface area contributed by atoms with Gasteiger partial charge in [0.05, 0.1) is 31.3 Å². The molecule has 2 unspecified atom stereocenters. The lowest BCUT2D eigenvalue weighted by atomic mass is 10.0. The molecule has 5 nitrogen and oxygen atoms in total. The minimum atomic E-state index is -0.131. The number of hydrogen-bond donors (Lipinski definition) is 1. The molecule has 0 aliphatic carbocycles. The summed E-state index contributed by atoms with van der Waals surface area (Å²) >= 11 is 0. The Kier molecular flexibility index (Phi) is 4.58. The maximum atomic E-state index is 12.5. The summed E-state index contributed by atoms with van der Waals surface area (Å²) in [6, 6.07) is 5.61. The van der Waals surface area contributed by atoms with Gasteiger partial charge in [-0.2, -0.15) is 5.26 Å². The van der Waals surface area contributed by atoms with E-state index in [9.17, 15) is 4.79 Å². The second-order valence-corrected chi connectivity index (χ2v) is 4.95. The van der Waals surface area contributed by atoms with Crippen LogP contribution < -0.4 is 5.32 Å². The van der Waals surface area contributed by atoms with Crippen molar-refractivity contribution in [3.05, 3.63) is 24.2 Å². The van der Waals surface area contributed by atoms with Gasteiger partial charge in [-0.05, 0) is 31.0 Å². The Bertz CT molecular complexity index is 450. The number of nitrogens with zero attached hydrogens (tertiary/aromatic N) is 2. The van der Waals surface area contributed by atoms with E-state index in [0.29, 0.717) is 25.4 Å². The predicted molar refractivity (Wildman–Crippen MR) is 69.9 cm³/mol. The number of nitriles is 1. The number of rotatable bonds is 5. The first-order valence-corrected chi connectivity index (χ1v) is 6.64. The molecule has 0 saturated carbocycles. The summed E-state index contributed by atoms with van der Waals surface area (Å²) in [5, 5.41) is 12.0. The number of nitrogens with one attached hydrogen (secondary N) is 1. The highest BCUT2D eigenvalue weighted by Crippen LogP contribution is 2.18. The van der Waals surface area contributed by atoms with E-state index in [1.165, 1.54) is 0 Å². The van der Waals surface area contributed by atoms with Crippen molar-refractivity contribution in [2.75, 3.05) is 13.1 Å². The molecule has 2 atom stereocenters. The number of carbonyl (C=O) groups is 1. The van der Waals surface area contributed by atoms with Crippen molar-refractivity contribution in [3.8, 4) is 6.07 Å². The fourth-order valence-corrected chi connectivity index (χ4v) is 2.40. The third kappa shape index (κ3) is 3.36. The topological polar surface area (TPSA) is 69.3 Å². The van der Waals surface area contributed by atoms with Gasteiger partial charge in [-0.1, -0.05) is 6.92 Å². The van der Waals surface area contributed by atoms with E-state index in [1.54, 1.807) is 17.2 Å². The second kappa shape index (κ2) is 6.39. The fourth-order valence-electron chi connectivity index (χ4n) is 2.40. The molecule has 1 aromatic rings. The van der Waals surface area contributed by atoms with Crippen molar-refractivity contribution in [1.82, 2.24) is 10.2 Å².